The highest BCUT2D eigenvalue weighted by Gasteiger charge is 2.19. The van der Waals surface area contributed by atoms with E-state index in [1.807, 2.05) is 0 Å². The number of nitrogens with zero attached hydrogens (tertiary/aromatic N) is 1. The zero-order valence-corrected chi connectivity index (χ0v) is 12.5. The quantitative estimate of drug-likeness (QED) is 0.647. The van der Waals surface area contributed by atoms with Gasteiger partial charge in [-0.25, -0.2) is 4.39 Å². The third-order valence-electron chi connectivity index (χ3n) is 3.17. The molecule has 0 bridgehead atoms. The fourth-order valence-corrected chi connectivity index (χ4v) is 2.09. The van der Waals surface area contributed by atoms with Gasteiger partial charge in [0, 0.05) is 11.1 Å². The summed E-state index contributed by atoms with van der Waals surface area (Å²) < 4.78 is 13.8. The highest BCUT2D eigenvalue weighted by Crippen LogP contribution is 2.19. The van der Waals surface area contributed by atoms with Crippen LogP contribution in [0.1, 0.15) is 22.0 Å². The Morgan fingerprint density at radius 2 is 1.96 bits per heavy atom. The Kier molecular flexibility index (Phi) is 5.25. The summed E-state index contributed by atoms with van der Waals surface area (Å²) in [5, 5.41) is 22.9. The lowest BCUT2D eigenvalue weighted by Crippen LogP contribution is -2.31. The number of carbonyl (C=O) groups is 1. The van der Waals surface area contributed by atoms with E-state index >= 15 is 0 Å². The van der Waals surface area contributed by atoms with Gasteiger partial charge in [0.15, 0.2) is 0 Å². The lowest BCUT2D eigenvalue weighted by atomic mass is 10.1. The SMILES string of the molecule is O=C(NC(CO)c1ccc(Cl)cc1)c1ccc([N+](=O)[O-])cc1F. The summed E-state index contributed by atoms with van der Waals surface area (Å²) >= 11 is 5.77. The number of halogens is 2. The lowest BCUT2D eigenvalue weighted by molar-refractivity contribution is -0.385. The Labute approximate surface area is 135 Å². The molecule has 8 heteroatoms. The van der Waals surface area contributed by atoms with Gasteiger partial charge in [-0.05, 0) is 23.8 Å². The molecule has 23 heavy (non-hydrogen) atoms. The van der Waals surface area contributed by atoms with Gasteiger partial charge in [-0.2, -0.15) is 0 Å². The number of non-ortho nitro benzene ring substituents is 1. The number of nitro groups is 1. The zero-order valence-electron chi connectivity index (χ0n) is 11.7. The second-order valence-electron chi connectivity index (χ2n) is 4.68. The number of nitrogens with one attached hydrogen (secondary N) is 1. The molecule has 1 atom stereocenters. The molecule has 0 heterocycles. The van der Waals surface area contributed by atoms with E-state index in [9.17, 15) is 24.4 Å². The predicted octanol–water partition coefficient (Wildman–Crippen LogP) is 2.85. The van der Waals surface area contributed by atoms with Crippen LogP contribution in [0.3, 0.4) is 0 Å². The van der Waals surface area contributed by atoms with Crippen molar-refractivity contribution < 1.29 is 19.2 Å². The third-order valence-corrected chi connectivity index (χ3v) is 3.42. The minimum absolute atomic E-state index is 0.344. The van der Waals surface area contributed by atoms with E-state index in [-0.39, 0.29) is 5.56 Å². The minimum Gasteiger partial charge on any atom is -0.394 e. The Balaban J connectivity index is 2.19. The van der Waals surface area contributed by atoms with Crippen molar-refractivity contribution in [1.82, 2.24) is 5.32 Å². The topological polar surface area (TPSA) is 92.5 Å². The van der Waals surface area contributed by atoms with Gasteiger partial charge in [-0.1, -0.05) is 23.7 Å². The van der Waals surface area contributed by atoms with Crippen molar-refractivity contribution in [3.8, 4) is 0 Å². The first-order valence-corrected chi connectivity index (χ1v) is 6.91. The molecule has 6 nitrogen and oxygen atoms in total. The van der Waals surface area contributed by atoms with Gasteiger partial charge in [0.1, 0.15) is 5.82 Å². The van der Waals surface area contributed by atoms with Crippen molar-refractivity contribution in [3.05, 3.63) is 74.5 Å². The van der Waals surface area contributed by atoms with Crippen LogP contribution in [-0.2, 0) is 0 Å². The van der Waals surface area contributed by atoms with Crippen LogP contribution in [0.25, 0.3) is 0 Å². The van der Waals surface area contributed by atoms with Crippen LogP contribution in [0, 0.1) is 15.9 Å². The standard InChI is InChI=1S/C15H12ClFN2O4/c16-10-3-1-9(2-4-10)14(8-20)18-15(21)12-6-5-11(19(22)23)7-13(12)17/h1-7,14,20H,8H2,(H,18,21). The number of amides is 1. The molecule has 0 aliphatic carbocycles. The van der Waals surface area contributed by atoms with Crippen LogP contribution in [-0.4, -0.2) is 22.5 Å². The molecule has 0 radical (unpaired) electrons. The molecule has 2 N–H and O–H groups in total. The molecule has 2 rings (SSSR count). The average Bonchev–Trinajstić information content (AvgIpc) is 2.53. The Hall–Kier alpha value is -2.51. The van der Waals surface area contributed by atoms with Crippen LogP contribution < -0.4 is 5.32 Å². The van der Waals surface area contributed by atoms with E-state index in [0.717, 1.165) is 12.1 Å². The predicted molar refractivity (Wildman–Crippen MR) is 81.8 cm³/mol. The Morgan fingerprint density at radius 1 is 1.30 bits per heavy atom. The maximum absolute atomic E-state index is 13.8. The number of aliphatic hydroxyl groups is 1. The van der Waals surface area contributed by atoms with Crippen LogP contribution in [0.2, 0.25) is 5.02 Å². The molecule has 0 saturated heterocycles. The van der Waals surface area contributed by atoms with E-state index in [1.54, 1.807) is 24.3 Å². The van der Waals surface area contributed by atoms with E-state index in [4.69, 9.17) is 11.6 Å². The summed E-state index contributed by atoms with van der Waals surface area (Å²) in [6, 6.07) is 8.41. The van der Waals surface area contributed by atoms with Gasteiger partial charge in [-0.15, -0.1) is 0 Å². The number of nitro benzene ring substituents is 1. The second-order valence-corrected chi connectivity index (χ2v) is 5.12. The van der Waals surface area contributed by atoms with Crippen LogP contribution >= 0.6 is 11.6 Å². The Bertz CT molecular complexity index is 737. The minimum atomic E-state index is -1.01. The molecule has 0 aliphatic heterocycles. The second kappa shape index (κ2) is 7.17. The summed E-state index contributed by atoms with van der Waals surface area (Å²) in [6.07, 6.45) is 0. The largest absolute Gasteiger partial charge is 0.394 e. The molecule has 2 aromatic carbocycles. The van der Waals surface area contributed by atoms with Gasteiger partial charge < -0.3 is 10.4 Å². The van der Waals surface area contributed by atoms with Gasteiger partial charge >= 0.3 is 0 Å². The van der Waals surface area contributed by atoms with Crippen LogP contribution in [0.4, 0.5) is 10.1 Å². The molecule has 120 valence electrons. The van der Waals surface area contributed by atoms with Crippen molar-refractivity contribution >= 4 is 23.2 Å². The first kappa shape index (κ1) is 16.9. The Morgan fingerprint density at radius 3 is 2.48 bits per heavy atom. The van der Waals surface area contributed by atoms with E-state index in [0.29, 0.717) is 16.7 Å². The molecule has 0 fully saturated rings. The first-order chi connectivity index (χ1) is 10.9. The summed E-state index contributed by atoms with van der Waals surface area (Å²) in [4.78, 5) is 21.9. The molecule has 0 aromatic heterocycles. The van der Waals surface area contributed by atoms with Crippen LogP contribution in [0.15, 0.2) is 42.5 Å². The summed E-state index contributed by atoms with van der Waals surface area (Å²) in [5.41, 5.74) is -0.203. The first-order valence-electron chi connectivity index (χ1n) is 6.53. The average molecular weight is 339 g/mol. The van der Waals surface area contributed by atoms with Gasteiger partial charge in [0.2, 0.25) is 0 Å². The van der Waals surface area contributed by atoms with E-state index in [1.165, 1.54) is 0 Å². The molecular formula is C15H12ClFN2O4. The highest BCUT2D eigenvalue weighted by atomic mass is 35.5. The summed E-state index contributed by atoms with van der Waals surface area (Å²) in [6.45, 7) is -0.401. The number of carbonyl (C=O) groups excluding carboxylic acids is 1. The zero-order chi connectivity index (χ0) is 17.0. The van der Waals surface area contributed by atoms with Crippen molar-refractivity contribution in [2.24, 2.45) is 0 Å². The smallest absolute Gasteiger partial charge is 0.272 e. The monoisotopic (exact) mass is 338 g/mol. The van der Waals surface area contributed by atoms with Crippen molar-refractivity contribution in [1.29, 1.82) is 0 Å². The molecule has 0 saturated carbocycles. The lowest BCUT2D eigenvalue weighted by Gasteiger charge is -2.17. The highest BCUT2D eigenvalue weighted by molar-refractivity contribution is 6.30. The van der Waals surface area contributed by atoms with Crippen LogP contribution in [0.5, 0.6) is 0 Å². The normalized spacial score (nSPS) is 11.8. The number of hydrogen-bond acceptors (Lipinski definition) is 4. The van der Waals surface area contributed by atoms with Crippen molar-refractivity contribution in [2.45, 2.75) is 6.04 Å². The fraction of sp³-hybridized carbons (Fsp3) is 0.133. The van der Waals surface area contributed by atoms with Crippen molar-refractivity contribution in [3.63, 3.8) is 0 Å². The molecule has 2 aromatic rings. The molecule has 1 unspecified atom stereocenters. The maximum atomic E-state index is 13.8. The van der Waals surface area contributed by atoms with E-state index < -0.39 is 35.0 Å². The molecular weight excluding hydrogens is 327 g/mol. The van der Waals surface area contributed by atoms with Gasteiger partial charge in [0.25, 0.3) is 11.6 Å². The number of rotatable bonds is 5. The third kappa shape index (κ3) is 4.02. The maximum Gasteiger partial charge on any atom is 0.272 e. The molecule has 0 aliphatic rings. The fourth-order valence-electron chi connectivity index (χ4n) is 1.97. The number of benzene rings is 2. The number of aliphatic hydroxyl groups excluding tert-OH is 1. The van der Waals surface area contributed by atoms with Crippen molar-refractivity contribution in [2.75, 3.05) is 6.61 Å². The van der Waals surface area contributed by atoms with Gasteiger partial charge in [0.05, 0.1) is 29.2 Å². The molecule has 0 spiro atoms. The van der Waals surface area contributed by atoms with Gasteiger partial charge in [-0.3, -0.25) is 14.9 Å². The van der Waals surface area contributed by atoms with E-state index in [2.05, 4.69) is 5.32 Å². The number of hydrogen-bond donors (Lipinski definition) is 2. The summed E-state index contributed by atoms with van der Waals surface area (Å²) in [5.74, 6) is -1.80. The molecule has 1 amide bonds. The summed E-state index contributed by atoms with van der Waals surface area (Å²) in [7, 11) is 0.